The predicted molar refractivity (Wildman–Crippen MR) is 122 cm³/mol. The lowest BCUT2D eigenvalue weighted by Gasteiger charge is -2.28. The van der Waals surface area contributed by atoms with Crippen molar-refractivity contribution in [3.63, 3.8) is 0 Å². The summed E-state index contributed by atoms with van der Waals surface area (Å²) in [7, 11) is 0. The maximum absolute atomic E-state index is 12.6. The van der Waals surface area contributed by atoms with E-state index >= 15 is 0 Å². The molecule has 158 valence electrons. The molecule has 0 aliphatic carbocycles. The van der Waals surface area contributed by atoms with E-state index in [1.165, 1.54) is 0 Å². The predicted octanol–water partition coefficient (Wildman–Crippen LogP) is 3.57. The second-order valence-electron chi connectivity index (χ2n) is 7.49. The zero-order valence-electron chi connectivity index (χ0n) is 16.7. The quantitative estimate of drug-likeness (QED) is 0.454. The topological polar surface area (TPSA) is 94.2 Å². The van der Waals surface area contributed by atoms with E-state index in [0.717, 1.165) is 46.5 Å². The molecule has 1 aliphatic heterocycles. The van der Waals surface area contributed by atoms with Crippen LogP contribution in [0, 0.1) is 0 Å². The van der Waals surface area contributed by atoms with Gasteiger partial charge in [-0.05, 0) is 42.0 Å². The first-order valence-corrected chi connectivity index (χ1v) is 10.5. The minimum atomic E-state index is -0.245. The van der Waals surface area contributed by atoms with Gasteiger partial charge in [0.25, 0.3) is 5.56 Å². The summed E-state index contributed by atoms with van der Waals surface area (Å²) in [5.74, 6) is 0.492. The minimum Gasteiger partial charge on any atom is -0.392 e. The number of anilines is 1. The molecule has 2 aromatic heterocycles. The molecule has 0 atom stereocenters. The highest BCUT2D eigenvalue weighted by molar-refractivity contribution is 6.33. The first-order valence-electron chi connectivity index (χ1n) is 10.1. The summed E-state index contributed by atoms with van der Waals surface area (Å²) in [5.41, 5.74) is 5.15. The second-order valence-corrected chi connectivity index (χ2v) is 7.90. The Balaban J connectivity index is 1.55. The number of aromatic nitrogens is 3. The number of fused-ring (bicyclic) bond motifs is 1. The first-order chi connectivity index (χ1) is 15.1. The van der Waals surface area contributed by atoms with E-state index in [9.17, 15) is 9.90 Å². The molecule has 0 bridgehead atoms. The molecule has 7 nitrogen and oxygen atoms in total. The van der Waals surface area contributed by atoms with Gasteiger partial charge < -0.3 is 24.7 Å². The highest BCUT2D eigenvalue weighted by atomic mass is 35.5. The van der Waals surface area contributed by atoms with Crippen molar-refractivity contribution < 1.29 is 9.84 Å². The van der Waals surface area contributed by atoms with Crippen LogP contribution in [0.15, 0.2) is 53.5 Å². The van der Waals surface area contributed by atoms with Crippen molar-refractivity contribution >= 4 is 28.3 Å². The molecule has 5 rings (SSSR count). The lowest BCUT2D eigenvalue weighted by molar-refractivity contribution is 0.122. The van der Waals surface area contributed by atoms with E-state index in [1.54, 1.807) is 24.4 Å². The number of aliphatic hydroxyl groups is 1. The number of imidazole rings is 1. The smallest absolute Gasteiger partial charge is 0.259 e. The van der Waals surface area contributed by atoms with Gasteiger partial charge in [-0.1, -0.05) is 17.7 Å². The summed E-state index contributed by atoms with van der Waals surface area (Å²) in [6.07, 6.45) is 1.62. The molecule has 3 N–H and O–H groups in total. The maximum atomic E-state index is 12.6. The normalized spacial score (nSPS) is 14.3. The third kappa shape index (κ3) is 3.83. The highest BCUT2D eigenvalue weighted by Gasteiger charge is 2.15. The number of aromatic amines is 2. The molecule has 4 aromatic rings. The van der Waals surface area contributed by atoms with E-state index in [2.05, 4.69) is 25.9 Å². The number of nitrogens with zero attached hydrogens (tertiary/aromatic N) is 2. The van der Waals surface area contributed by atoms with Gasteiger partial charge in [0.1, 0.15) is 5.82 Å². The van der Waals surface area contributed by atoms with Gasteiger partial charge in [0.2, 0.25) is 0 Å². The molecular formula is C23H21ClN4O3. The van der Waals surface area contributed by atoms with Crippen molar-refractivity contribution in [1.82, 2.24) is 15.0 Å². The number of nitrogens with one attached hydrogen (secondary N) is 2. The number of ether oxygens (including phenoxy) is 1. The molecule has 3 heterocycles. The fourth-order valence-electron chi connectivity index (χ4n) is 3.85. The SMILES string of the molecule is O=c1[nH]cc(-c2cc(CO)ccc2Cl)cc1-c1nc2ccc(N3CCOCC3)cc2[nH]1. The summed E-state index contributed by atoms with van der Waals surface area (Å²) in [6, 6.07) is 13.1. The molecule has 1 aliphatic rings. The molecule has 1 fully saturated rings. The van der Waals surface area contributed by atoms with E-state index in [1.807, 2.05) is 18.2 Å². The molecule has 1 saturated heterocycles. The molecular weight excluding hydrogens is 416 g/mol. The monoisotopic (exact) mass is 436 g/mol. The maximum Gasteiger partial charge on any atom is 0.259 e. The summed E-state index contributed by atoms with van der Waals surface area (Å²) >= 11 is 6.37. The third-order valence-corrected chi connectivity index (χ3v) is 5.85. The fourth-order valence-corrected chi connectivity index (χ4v) is 4.08. The number of H-pyrrole nitrogens is 2. The Morgan fingerprint density at radius 3 is 2.74 bits per heavy atom. The first kappa shape index (κ1) is 19.8. The van der Waals surface area contributed by atoms with Gasteiger partial charge >= 0.3 is 0 Å². The van der Waals surface area contributed by atoms with Crippen LogP contribution in [0.2, 0.25) is 5.02 Å². The average Bonchev–Trinajstić information content (AvgIpc) is 3.23. The molecule has 0 radical (unpaired) electrons. The number of aliphatic hydroxyl groups excluding tert-OH is 1. The van der Waals surface area contributed by atoms with Gasteiger partial charge in [-0.25, -0.2) is 4.98 Å². The molecule has 2 aromatic carbocycles. The van der Waals surface area contributed by atoms with Crippen molar-refractivity contribution in [2.75, 3.05) is 31.2 Å². The van der Waals surface area contributed by atoms with Gasteiger partial charge in [0.05, 0.1) is 36.4 Å². The zero-order valence-corrected chi connectivity index (χ0v) is 17.4. The molecule has 0 amide bonds. The van der Waals surface area contributed by atoms with E-state index in [0.29, 0.717) is 29.6 Å². The summed E-state index contributed by atoms with van der Waals surface area (Å²) in [6.45, 7) is 3.04. The van der Waals surface area contributed by atoms with Crippen LogP contribution in [0.1, 0.15) is 5.56 Å². The number of hydrogen-bond acceptors (Lipinski definition) is 5. The van der Waals surface area contributed by atoms with Crippen LogP contribution in [-0.2, 0) is 11.3 Å². The van der Waals surface area contributed by atoms with Crippen molar-refractivity contribution in [1.29, 1.82) is 0 Å². The summed E-state index contributed by atoms with van der Waals surface area (Å²) in [4.78, 5) is 25.6. The van der Waals surface area contributed by atoms with Crippen LogP contribution < -0.4 is 10.5 Å². The third-order valence-electron chi connectivity index (χ3n) is 5.52. The van der Waals surface area contributed by atoms with Crippen LogP contribution in [0.5, 0.6) is 0 Å². The van der Waals surface area contributed by atoms with Crippen LogP contribution in [-0.4, -0.2) is 46.4 Å². The largest absolute Gasteiger partial charge is 0.392 e. The molecule has 0 unspecified atom stereocenters. The molecule has 8 heteroatoms. The number of morpholine rings is 1. The summed E-state index contributed by atoms with van der Waals surface area (Å²) < 4.78 is 5.43. The Labute approximate surface area is 183 Å². The lowest BCUT2D eigenvalue weighted by atomic mass is 10.0. The van der Waals surface area contributed by atoms with Crippen molar-refractivity contribution in [3.8, 4) is 22.5 Å². The zero-order chi connectivity index (χ0) is 21.4. The van der Waals surface area contributed by atoms with Crippen LogP contribution in [0.3, 0.4) is 0 Å². The fraction of sp³-hybridized carbons (Fsp3) is 0.217. The average molecular weight is 437 g/mol. The number of hydrogen-bond donors (Lipinski definition) is 3. The Hall–Kier alpha value is -3.13. The number of benzene rings is 2. The molecule has 0 saturated carbocycles. The minimum absolute atomic E-state index is 0.0879. The van der Waals surface area contributed by atoms with Gasteiger partial charge in [-0.15, -0.1) is 0 Å². The Morgan fingerprint density at radius 1 is 1.10 bits per heavy atom. The second kappa shape index (κ2) is 8.19. The van der Waals surface area contributed by atoms with Crippen LogP contribution in [0.4, 0.5) is 5.69 Å². The van der Waals surface area contributed by atoms with Crippen molar-refractivity contribution in [3.05, 3.63) is 69.6 Å². The number of rotatable bonds is 4. The standard InChI is InChI=1S/C23H21ClN4O3/c24-19-3-1-14(13-29)9-17(19)15-10-18(23(30)25-12-15)22-26-20-4-2-16(11-21(20)27-22)28-5-7-31-8-6-28/h1-4,9-12,29H,5-8,13H2,(H,25,30)(H,26,27). The number of halogens is 1. The van der Waals surface area contributed by atoms with E-state index in [4.69, 9.17) is 16.3 Å². The lowest BCUT2D eigenvalue weighted by Crippen LogP contribution is -2.36. The van der Waals surface area contributed by atoms with Crippen molar-refractivity contribution in [2.45, 2.75) is 6.61 Å². The van der Waals surface area contributed by atoms with Crippen LogP contribution in [0.25, 0.3) is 33.5 Å². The van der Waals surface area contributed by atoms with Gasteiger partial charge in [0, 0.05) is 41.1 Å². The Morgan fingerprint density at radius 2 is 1.94 bits per heavy atom. The van der Waals surface area contributed by atoms with Gasteiger partial charge in [0.15, 0.2) is 0 Å². The molecule has 0 spiro atoms. The van der Waals surface area contributed by atoms with E-state index < -0.39 is 0 Å². The van der Waals surface area contributed by atoms with Gasteiger partial charge in [-0.2, -0.15) is 0 Å². The Kier molecular flexibility index (Phi) is 5.23. The molecule has 31 heavy (non-hydrogen) atoms. The Bertz CT molecular complexity index is 1310. The van der Waals surface area contributed by atoms with Gasteiger partial charge in [-0.3, -0.25) is 4.79 Å². The van der Waals surface area contributed by atoms with E-state index in [-0.39, 0.29) is 12.2 Å². The summed E-state index contributed by atoms with van der Waals surface area (Å²) in [5, 5.41) is 9.98. The van der Waals surface area contributed by atoms with Crippen LogP contribution >= 0.6 is 11.6 Å². The highest BCUT2D eigenvalue weighted by Crippen LogP contribution is 2.30. The van der Waals surface area contributed by atoms with Crippen molar-refractivity contribution in [2.24, 2.45) is 0 Å². The number of pyridine rings is 1.